The largest absolute Gasteiger partial charge is 0.351 e. The van der Waals surface area contributed by atoms with E-state index in [9.17, 15) is 4.79 Å². The fourth-order valence-corrected chi connectivity index (χ4v) is 5.02. The number of aromatic amines is 1. The number of amides is 1. The molecule has 1 amide bonds. The van der Waals surface area contributed by atoms with Crippen molar-refractivity contribution in [3.8, 4) is 0 Å². The number of halogens is 1. The van der Waals surface area contributed by atoms with Gasteiger partial charge in [0.25, 0.3) is 5.91 Å². The van der Waals surface area contributed by atoms with E-state index in [1.54, 1.807) is 0 Å². The molecule has 5 rings (SSSR count). The summed E-state index contributed by atoms with van der Waals surface area (Å²) >= 11 is 6.10. The maximum atomic E-state index is 13.3. The van der Waals surface area contributed by atoms with E-state index >= 15 is 0 Å². The third-order valence-corrected chi connectivity index (χ3v) is 6.54. The van der Waals surface area contributed by atoms with Crippen molar-refractivity contribution in [1.82, 2.24) is 19.9 Å². The van der Waals surface area contributed by atoms with Crippen LogP contribution in [0.25, 0.3) is 10.9 Å². The first-order valence-electron chi connectivity index (χ1n) is 10.1. The third kappa shape index (κ3) is 3.06. The van der Waals surface area contributed by atoms with Gasteiger partial charge in [0.2, 0.25) is 5.95 Å². The number of benzene rings is 1. The van der Waals surface area contributed by atoms with E-state index in [4.69, 9.17) is 16.6 Å². The quantitative estimate of drug-likeness (QED) is 0.699. The lowest BCUT2D eigenvalue weighted by atomic mass is 9.77. The highest BCUT2D eigenvalue weighted by Crippen LogP contribution is 2.44. The normalized spacial score (nSPS) is 21.0. The van der Waals surface area contributed by atoms with Crippen molar-refractivity contribution in [2.45, 2.75) is 31.1 Å². The highest BCUT2D eigenvalue weighted by Gasteiger charge is 2.45. The maximum Gasteiger partial charge on any atom is 0.270 e. The number of hydrogen-bond donors (Lipinski definition) is 1. The Labute approximate surface area is 174 Å². The number of rotatable bonds is 2. The first kappa shape index (κ1) is 18.4. The molecule has 1 N–H and O–H groups in total. The number of aromatic nitrogens is 3. The van der Waals surface area contributed by atoms with E-state index in [-0.39, 0.29) is 11.3 Å². The van der Waals surface area contributed by atoms with E-state index in [0.29, 0.717) is 17.3 Å². The number of carbonyl (C=O) groups is 1. The molecule has 0 saturated carbocycles. The van der Waals surface area contributed by atoms with Crippen molar-refractivity contribution >= 4 is 34.4 Å². The number of H-pyrrole nitrogens is 1. The summed E-state index contributed by atoms with van der Waals surface area (Å²) < 4.78 is 0. The van der Waals surface area contributed by atoms with Crippen LogP contribution in [0.1, 0.15) is 41.0 Å². The Morgan fingerprint density at radius 2 is 2.14 bits per heavy atom. The molecule has 0 radical (unpaired) electrons. The Balaban J connectivity index is 1.45. The van der Waals surface area contributed by atoms with Crippen LogP contribution in [0.2, 0.25) is 5.02 Å². The van der Waals surface area contributed by atoms with Gasteiger partial charge in [-0.25, -0.2) is 9.97 Å². The summed E-state index contributed by atoms with van der Waals surface area (Å²) in [4.78, 5) is 29.9. The van der Waals surface area contributed by atoms with Gasteiger partial charge in [-0.2, -0.15) is 0 Å². The molecule has 1 fully saturated rings. The first-order chi connectivity index (χ1) is 13.9. The van der Waals surface area contributed by atoms with Gasteiger partial charge in [0, 0.05) is 54.7 Å². The topological polar surface area (TPSA) is 65.1 Å². The molecule has 0 bridgehead atoms. The van der Waals surface area contributed by atoms with Gasteiger partial charge in [-0.15, -0.1) is 0 Å². The smallest absolute Gasteiger partial charge is 0.270 e. The summed E-state index contributed by atoms with van der Waals surface area (Å²) in [5.74, 6) is 0.785. The first-order valence-corrected chi connectivity index (χ1v) is 10.4. The molecule has 1 aliphatic carbocycles. The van der Waals surface area contributed by atoms with Crippen molar-refractivity contribution in [3.63, 3.8) is 0 Å². The van der Waals surface area contributed by atoms with E-state index < -0.39 is 0 Å². The Kier molecular flexibility index (Phi) is 4.28. The van der Waals surface area contributed by atoms with Gasteiger partial charge in [0.15, 0.2) is 0 Å². The zero-order valence-corrected chi connectivity index (χ0v) is 17.5. The predicted octanol–water partition coefficient (Wildman–Crippen LogP) is 3.80. The lowest BCUT2D eigenvalue weighted by molar-refractivity contribution is 0.0628. The molecule has 3 heterocycles. The molecule has 1 aromatic carbocycles. The molecular formula is C22H24ClN5O. The van der Waals surface area contributed by atoms with E-state index in [2.05, 4.69) is 9.97 Å². The second kappa shape index (κ2) is 6.73. The minimum absolute atomic E-state index is 0.0479. The Morgan fingerprint density at radius 3 is 2.97 bits per heavy atom. The number of carbonyl (C=O) groups excluding carboxylic acids is 1. The highest BCUT2D eigenvalue weighted by atomic mass is 35.5. The number of hydrogen-bond acceptors (Lipinski definition) is 4. The summed E-state index contributed by atoms with van der Waals surface area (Å²) in [6.45, 7) is 1.48. The Morgan fingerprint density at radius 1 is 1.28 bits per heavy atom. The number of piperidine rings is 1. The van der Waals surface area contributed by atoms with Gasteiger partial charge in [-0.1, -0.05) is 11.6 Å². The second-order valence-corrected chi connectivity index (χ2v) is 8.90. The third-order valence-electron chi connectivity index (χ3n) is 6.30. The van der Waals surface area contributed by atoms with Crippen molar-refractivity contribution in [2.75, 3.05) is 32.1 Å². The van der Waals surface area contributed by atoms with Crippen LogP contribution in [0.3, 0.4) is 0 Å². The van der Waals surface area contributed by atoms with Crippen molar-refractivity contribution in [2.24, 2.45) is 0 Å². The summed E-state index contributed by atoms with van der Waals surface area (Å²) in [7, 11) is 3.92. The summed E-state index contributed by atoms with van der Waals surface area (Å²) in [5, 5.41) is 1.63. The lowest BCUT2D eigenvalue weighted by Crippen LogP contribution is -2.48. The average molecular weight is 410 g/mol. The SMILES string of the molecule is CN(C)c1ncc2c(n1)C1(CCCN(C(=O)c3cc4cc(Cl)ccc4[nH]3)C1)CC2. The van der Waals surface area contributed by atoms with Crippen LogP contribution in [0.15, 0.2) is 30.5 Å². The number of anilines is 1. The predicted molar refractivity (Wildman–Crippen MR) is 115 cm³/mol. The summed E-state index contributed by atoms with van der Waals surface area (Å²) in [6.07, 6.45) is 6.03. The number of likely N-dealkylation sites (tertiary alicyclic amines) is 1. The Bertz CT molecular complexity index is 1100. The molecule has 2 aromatic heterocycles. The van der Waals surface area contributed by atoms with Gasteiger partial charge in [-0.05, 0) is 55.5 Å². The zero-order chi connectivity index (χ0) is 20.2. The second-order valence-electron chi connectivity index (χ2n) is 8.46. The molecule has 1 aliphatic heterocycles. The van der Waals surface area contributed by atoms with Crippen molar-refractivity contribution < 1.29 is 4.79 Å². The zero-order valence-electron chi connectivity index (χ0n) is 16.7. The van der Waals surface area contributed by atoms with Crippen LogP contribution in [0.4, 0.5) is 5.95 Å². The van der Waals surface area contributed by atoms with Crippen molar-refractivity contribution in [3.05, 3.63) is 52.4 Å². The van der Waals surface area contributed by atoms with Crippen LogP contribution >= 0.6 is 11.6 Å². The monoisotopic (exact) mass is 409 g/mol. The number of nitrogens with one attached hydrogen (secondary N) is 1. The summed E-state index contributed by atoms with van der Waals surface area (Å²) in [5.41, 5.74) is 3.85. The molecule has 1 unspecified atom stereocenters. The van der Waals surface area contributed by atoms with E-state index in [1.165, 1.54) is 5.56 Å². The van der Waals surface area contributed by atoms with Crippen LogP contribution in [-0.4, -0.2) is 52.9 Å². The number of nitrogens with zero attached hydrogens (tertiary/aromatic N) is 4. The standard InChI is InChI=1S/C22H24ClN5O/c1-27(2)21-24-12-14-6-8-22(19(14)26-21)7-3-9-28(13-22)20(29)18-11-15-10-16(23)4-5-17(15)25-18/h4-5,10-12,25H,3,6-9,13H2,1-2H3. The number of fused-ring (bicyclic) bond motifs is 3. The molecule has 1 atom stereocenters. The van der Waals surface area contributed by atoms with Gasteiger partial charge >= 0.3 is 0 Å². The van der Waals surface area contributed by atoms with Crippen LogP contribution in [0, 0.1) is 0 Å². The fraction of sp³-hybridized carbons (Fsp3) is 0.409. The lowest BCUT2D eigenvalue weighted by Gasteiger charge is -2.40. The van der Waals surface area contributed by atoms with Gasteiger partial charge < -0.3 is 14.8 Å². The molecule has 1 saturated heterocycles. The molecule has 3 aromatic rings. The maximum absolute atomic E-state index is 13.3. The molecule has 2 aliphatic rings. The summed E-state index contributed by atoms with van der Waals surface area (Å²) in [6, 6.07) is 7.54. The van der Waals surface area contributed by atoms with Crippen LogP contribution in [-0.2, 0) is 11.8 Å². The van der Waals surface area contributed by atoms with Crippen LogP contribution < -0.4 is 4.90 Å². The molecule has 6 nitrogen and oxygen atoms in total. The van der Waals surface area contributed by atoms with Crippen LogP contribution in [0.5, 0.6) is 0 Å². The minimum atomic E-state index is -0.0632. The van der Waals surface area contributed by atoms with E-state index in [1.807, 2.05) is 54.4 Å². The van der Waals surface area contributed by atoms with Gasteiger partial charge in [-0.3, -0.25) is 4.79 Å². The molecule has 1 spiro atoms. The fourth-order valence-electron chi connectivity index (χ4n) is 4.84. The Hall–Kier alpha value is -2.60. The molecular weight excluding hydrogens is 386 g/mol. The number of aryl methyl sites for hydroxylation is 1. The highest BCUT2D eigenvalue weighted by molar-refractivity contribution is 6.31. The molecule has 7 heteroatoms. The average Bonchev–Trinajstić information content (AvgIpc) is 3.29. The van der Waals surface area contributed by atoms with Crippen molar-refractivity contribution in [1.29, 1.82) is 0 Å². The van der Waals surface area contributed by atoms with E-state index in [0.717, 1.165) is 54.8 Å². The minimum Gasteiger partial charge on any atom is -0.351 e. The van der Waals surface area contributed by atoms with Gasteiger partial charge in [0.1, 0.15) is 5.69 Å². The molecule has 29 heavy (non-hydrogen) atoms. The van der Waals surface area contributed by atoms with Gasteiger partial charge in [0.05, 0.1) is 5.69 Å². The molecule has 150 valence electrons.